The normalized spacial score (nSPS) is 42.5. The van der Waals surface area contributed by atoms with Crippen molar-refractivity contribution in [1.82, 2.24) is 0 Å². The molecule has 0 saturated heterocycles. The molecule has 0 heterocycles. The van der Waals surface area contributed by atoms with Gasteiger partial charge in [0, 0.05) is 25.4 Å². The predicted octanol–water partition coefficient (Wildman–Crippen LogP) is 5.78. The lowest BCUT2D eigenvalue weighted by molar-refractivity contribution is -0.233. The molecule has 5 heteroatoms. The first kappa shape index (κ1) is 25.0. The fraction of sp³-hybridized carbons (Fsp3) is 0.700. The monoisotopic (exact) mass is 482 g/mol. The van der Waals surface area contributed by atoms with Gasteiger partial charge in [-0.05, 0) is 92.2 Å². The summed E-state index contributed by atoms with van der Waals surface area (Å²) in [4.78, 5) is 12.5. The SMILES string of the molecule is CCOC1C=C2C[C@@](O)(OCc3ccc(O)cc3)CC[C@]2(C)C2CC[C@@]3(C)C(CC[C@@H]3C(C)=O)C12. The Morgan fingerprint density at radius 3 is 2.49 bits per heavy atom. The number of hydrogen-bond donors (Lipinski definition) is 2. The highest BCUT2D eigenvalue weighted by Gasteiger charge is 2.62. The first-order valence-electron chi connectivity index (χ1n) is 13.6. The Balaban J connectivity index is 1.41. The highest BCUT2D eigenvalue weighted by atomic mass is 16.6. The maximum absolute atomic E-state index is 12.5. The lowest BCUT2D eigenvalue weighted by Crippen LogP contribution is -2.56. The summed E-state index contributed by atoms with van der Waals surface area (Å²) in [6, 6.07) is 6.95. The average Bonchev–Trinajstić information content (AvgIpc) is 3.17. The lowest BCUT2D eigenvalue weighted by atomic mass is 9.46. The Bertz CT molecular complexity index is 985. The van der Waals surface area contributed by atoms with Crippen LogP contribution in [0.1, 0.15) is 78.2 Å². The van der Waals surface area contributed by atoms with Crippen molar-refractivity contribution in [2.75, 3.05) is 6.61 Å². The van der Waals surface area contributed by atoms with Crippen LogP contribution in [0.25, 0.3) is 0 Å². The molecule has 0 amide bonds. The minimum atomic E-state index is -1.19. The van der Waals surface area contributed by atoms with Gasteiger partial charge in [0.1, 0.15) is 11.5 Å². The second-order valence-corrected chi connectivity index (χ2v) is 12.2. The molecule has 0 bridgehead atoms. The average molecular weight is 483 g/mol. The molecule has 5 rings (SSSR count). The third kappa shape index (κ3) is 4.18. The van der Waals surface area contributed by atoms with E-state index in [0.29, 0.717) is 49.6 Å². The summed E-state index contributed by atoms with van der Waals surface area (Å²) in [6.45, 7) is 9.59. The molecule has 0 aliphatic heterocycles. The number of benzene rings is 1. The van der Waals surface area contributed by atoms with Crippen molar-refractivity contribution < 1.29 is 24.5 Å². The molecule has 3 fully saturated rings. The molecule has 1 aromatic carbocycles. The Hall–Kier alpha value is -1.69. The van der Waals surface area contributed by atoms with Crippen LogP contribution in [0.2, 0.25) is 0 Å². The van der Waals surface area contributed by atoms with Crippen LogP contribution in [0.15, 0.2) is 35.9 Å². The zero-order valence-electron chi connectivity index (χ0n) is 21.8. The molecule has 35 heavy (non-hydrogen) atoms. The lowest BCUT2D eigenvalue weighted by Gasteiger charge is -2.60. The van der Waals surface area contributed by atoms with Crippen molar-refractivity contribution >= 4 is 5.78 Å². The molecule has 8 atom stereocenters. The van der Waals surface area contributed by atoms with E-state index in [9.17, 15) is 15.0 Å². The number of phenols is 1. The van der Waals surface area contributed by atoms with Crippen LogP contribution in [0.4, 0.5) is 0 Å². The molecule has 192 valence electrons. The summed E-state index contributed by atoms with van der Waals surface area (Å²) in [5.41, 5.74) is 2.32. The second-order valence-electron chi connectivity index (χ2n) is 12.2. The van der Waals surface area contributed by atoms with Crippen LogP contribution in [-0.4, -0.2) is 34.5 Å². The molecule has 0 radical (unpaired) electrons. The summed E-state index contributed by atoms with van der Waals surface area (Å²) < 4.78 is 12.5. The Labute approximate surface area is 209 Å². The minimum absolute atomic E-state index is 0.0298. The van der Waals surface area contributed by atoms with Gasteiger partial charge in [0.2, 0.25) is 0 Å². The van der Waals surface area contributed by atoms with E-state index >= 15 is 0 Å². The molecule has 3 saturated carbocycles. The van der Waals surface area contributed by atoms with Crippen LogP contribution in [0.3, 0.4) is 0 Å². The summed E-state index contributed by atoms with van der Waals surface area (Å²) >= 11 is 0. The van der Waals surface area contributed by atoms with Gasteiger partial charge in [-0.1, -0.05) is 37.6 Å². The van der Waals surface area contributed by atoms with Crippen molar-refractivity contribution in [3.05, 3.63) is 41.5 Å². The van der Waals surface area contributed by atoms with Gasteiger partial charge in [0.15, 0.2) is 5.79 Å². The van der Waals surface area contributed by atoms with E-state index in [4.69, 9.17) is 9.47 Å². The van der Waals surface area contributed by atoms with Crippen molar-refractivity contribution in [2.45, 2.75) is 91.1 Å². The largest absolute Gasteiger partial charge is 0.508 e. The Kier molecular flexibility index (Phi) is 6.43. The van der Waals surface area contributed by atoms with E-state index in [1.807, 2.05) is 12.1 Å². The third-order valence-electron chi connectivity index (χ3n) is 10.4. The topological polar surface area (TPSA) is 76.0 Å². The zero-order chi connectivity index (χ0) is 25.0. The first-order chi connectivity index (χ1) is 16.6. The van der Waals surface area contributed by atoms with Crippen LogP contribution < -0.4 is 0 Å². The van der Waals surface area contributed by atoms with Gasteiger partial charge in [-0.15, -0.1) is 0 Å². The number of rotatable bonds is 6. The standard InChI is InChI=1S/C30H42O5/c1-5-34-26-16-21-17-30(33,35-18-20-6-8-22(32)9-7-20)15-14-28(21,3)25-12-13-29(4)23(19(2)31)10-11-24(29)27(25)26/h6-9,16,23-27,32-33H,5,10-15,17-18H2,1-4H3/t23-,24?,25?,26?,27?,28+,29-,30+/m1/s1. The maximum Gasteiger partial charge on any atom is 0.169 e. The van der Waals surface area contributed by atoms with E-state index in [1.54, 1.807) is 19.1 Å². The van der Waals surface area contributed by atoms with Crippen molar-refractivity contribution in [1.29, 1.82) is 0 Å². The van der Waals surface area contributed by atoms with Crippen LogP contribution in [0, 0.1) is 34.5 Å². The van der Waals surface area contributed by atoms with Gasteiger partial charge >= 0.3 is 0 Å². The molecule has 2 N–H and O–H groups in total. The molecule has 4 aliphatic rings. The van der Waals surface area contributed by atoms with Crippen molar-refractivity contribution in [3.63, 3.8) is 0 Å². The summed E-state index contributed by atoms with van der Waals surface area (Å²) in [5.74, 6) is 1.01. The number of ketones is 1. The smallest absolute Gasteiger partial charge is 0.169 e. The van der Waals surface area contributed by atoms with E-state index in [2.05, 4.69) is 26.8 Å². The van der Waals surface area contributed by atoms with Crippen LogP contribution in [0.5, 0.6) is 5.75 Å². The van der Waals surface area contributed by atoms with E-state index < -0.39 is 5.79 Å². The number of carbonyl (C=O) groups excluding carboxylic acids is 1. The molecule has 4 aliphatic carbocycles. The number of phenolic OH excluding ortho intramolecular Hbond substituents is 1. The molecule has 4 unspecified atom stereocenters. The highest BCUT2D eigenvalue weighted by Crippen LogP contribution is 2.67. The number of ether oxygens (including phenoxy) is 2. The minimum Gasteiger partial charge on any atom is -0.508 e. The number of carbonyl (C=O) groups is 1. The van der Waals surface area contributed by atoms with Crippen molar-refractivity contribution in [2.24, 2.45) is 34.5 Å². The number of aliphatic hydroxyl groups is 1. The second kappa shape index (κ2) is 9.00. The van der Waals surface area contributed by atoms with E-state index in [1.165, 1.54) is 5.57 Å². The third-order valence-corrected chi connectivity index (χ3v) is 10.4. The molecule has 0 spiro atoms. The molecule has 0 aromatic heterocycles. The predicted molar refractivity (Wildman–Crippen MR) is 135 cm³/mol. The fourth-order valence-corrected chi connectivity index (χ4v) is 8.53. The first-order valence-corrected chi connectivity index (χ1v) is 13.6. The van der Waals surface area contributed by atoms with Gasteiger partial charge in [-0.2, -0.15) is 0 Å². The number of hydrogen-bond acceptors (Lipinski definition) is 5. The highest BCUT2D eigenvalue weighted by molar-refractivity contribution is 5.79. The van der Waals surface area contributed by atoms with Crippen molar-refractivity contribution in [3.8, 4) is 5.75 Å². The number of aromatic hydroxyl groups is 1. The Morgan fingerprint density at radius 2 is 1.80 bits per heavy atom. The molecular weight excluding hydrogens is 440 g/mol. The Morgan fingerprint density at radius 1 is 1.06 bits per heavy atom. The van der Waals surface area contributed by atoms with E-state index in [0.717, 1.165) is 37.7 Å². The quantitative estimate of drug-likeness (QED) is 0.397. The van der Waals surface area contributed by atoms with Gasteiger partial charge in [-0.25, -0.2) is 0 Å². The summed E-state index contributed by atoms with van der Waals surface area (Å²) in [5, 5.41) is 21.0. The fourth-order valence-electron chi connectivity index (χ4n) is 8.53. The zero-order valence-corrected chi connectivity index (χ0v) is 21.8. The van der Waals surface area contributed by atoms with Gasteiger partial charge in [0.25, 0.3) is 0 Å². The number of Topliss-reactive ketones (excluding diaryl/α,β-unsaturated/α-hetero) is 1. The maximum atomic E-state index is 12.5. The van der Waals surface area contributed by atoms with Gasteiger partial charge in [0.05, 0.1) is 12.7 Å². The van der Waals surface area contributed by atoms with E-state index in [-0.39, 0.29) is 28.6 Å². The van der Waals surface area contributed by atoms with Crippen LogP contribution in [-0.2, 0) is 20.9 Å². The summed E-state index contributed by atoms with van der Waals surface area (Å²) in [7, 11) is 0. The molecule has 5 nitrogen and oxygen atoms in total. The summed E-state index contributed by atoms with van der Waals surface area (Å²) in [6.07, 6.45) is 8.71. The molecular formula is C30H42O5. The van der Waals surface area contributed by atoms with Crippen LogP contribution >= 0.6 is 0 Å². The molecule has 1 aromatic rings. The van der Waals surface area contributed by atoms with Gasteiger partial charge in [-0.3, -0.25) is 4.79 Å². The van der Waals surface area contributed by atoms with Gasteiger partial charge < -0.3 is 19.7 Å². The number of fused-ring (bicyclic) bond motifs is 5.